The summed E-state index contributed by atoms with van der Waals surface area (Å²) in [4.78, 5) is 5.51. The van der Waals surface area contributed by atoms with Crippen LogP contribution < -0.4 is 10.6 Å². The number of furan rings is 1. The van der Waals surface area contributed by atoms with E-state index in [0.717, 1.165) is 88.4 Å². The second kappa shape index (κ2) is 12.6. The van der Waals surface area contributed by atoms with Crippen molar-refractivity contribution in [2.75, 3.05) is 0 Å². The molecule has 2 N–H and O–H groups in total. The van der Waals surface area contributed by atoms with Crippen LogP contribution in [0.25, 0.3) is 82.4 Å². The van der Waals surface area contributed by atoms with Crippen LogP contribution >= 0.6 is 0 Å². The van der Waals surface area contributed by atoms with Crippen molar-refractivity contribution in [2.45, 2.75) is 12.5 Å². The van der Waals surface area contributed by atoms with Crippen molar-refractivity contribution in [3.63, 3.8) is 0 Å². The minimum Gasteiger partial charge on any atom is -0.452 e. The molecule has 0 spiro atoms. The molecule has 0 saturated carbocycles. The quantitative estimate of drug-likeness (QED) is 0.185. The van der Waals surface area contributed by atoms with Gasteiger partial charge in [-0.25, -0.2) is 4.99 Å². The van der Waals surface area contributed by atoms with Gasteiger partial charge in [-0.05, 0) is 59.2 Å². The van der Waals surface area contributed by atoms with Gasteiger partial charge in [-0.15, -0.1) is 0 Å². The van der Waals surface area contributed by atoms with E-state index >= 15 is 0 Å². The first kappa shape index (κ1) is 31.9. The van der Waals surface area contributed by atoms with E-state index in [0.29, 0.717) is 0 Å². The third-order valence-electron chi connectivity index (χ3n) is 11.6. The zero-order valence-corrected chi connectivity index (χ0v) is 30.8. The Bertz CT molecular complexity index is 3360. The number of aromatic nitrogens is 2. The fourth-order valence-corrected chi connectivity index (χ4v) is 9.04. The number of hydrogen-bond donors (Lipinski definition) is 2. The number of rotatable bonds is 5. The Balaban J connectivity index is 1.14. The van der Waals surface area contributed by atoms with E-state index in [-0.39, 0.29) is 6.17 Å². The van der Waals surface area contributed by atoms with Crippen molar-refractivity contribution in [1.29, 1.82) is 0 Å². The number of para-hydroxylation sites is 3. The standard InChI is InChI=1S/C51H35N5O/c1-4-15-32(16-5-1)34-19-14-20-35(31-34)50-52-49(33-17-6-2-7-18-33)53-51(54-50)56-44-26-13-11-24-38(44)40-28-30-42-41-29-27-39-37-23-10-12-25-43(37)55(36-21-8-3-9-22-36)45(39)47(41)57-48(42)46(40)56/h1-31,49,51,53H,(H,52,54). The third-order valence-corrected chi connectivity index (χ3v) is 11.6. The molecular formula is C51H35N5O. The maximum absolute atomic E-state index is 7.29. The molecule has 1 aliphatic rings. The molecule has 0 fully saturated rings. The van der Waals surface area contributed by atoms with Gasteiger partial charge in [0.05, 0.1) is 22.1 Å². The molecule has 2 unspecified atom stereocenters. The van der Waals surface area contributed by atoms with Gasteiger partial charge in [-0.3, -0.25) is 5.32 Å². The molecule has 6 heteroatoms. The van der Waals surface area contributed by atoms with Gasteiger partial charge in [0.2, 0.25) is 0 Å². The normalized spacial score (nSPS) is 15.9. The van der Waals surface area contributed by atoms with Crippen molar-refractivity contribution in [1.82, 2.24) is 19.8 Å². The summed E-state index contributed by atoms with van der Waals surface area (Å²) >= 11 is 0. The fourth-order valence-electron chi connectivity index (χ4n) is 9.04. The van der Waals surface area contributed by atoms with Crippen LogP contribution in [0.5, 0.6) is 0 Å². The van der Waals surface area contributed by atoms with Gasteiger partial charge in [0.1, 0.15) is 12.0 Å². The summed E-state index contributed by atoms with van der Waals surface area (Å²) in [5.74, 6) is 0.821. The predicted molar refractivity (Wildman–Crippen MR) is 234 cm³/mol. The van der Waals surface area contributed by atoms with Crippen molar-refractivity contribution >= 4 is 71.4 Å². The highest BCUT2D eigenvalue weighted by atomic mass is 16.3. The summed E-state index contributed by atoms with van der Waals surface area (Å²) in [5, 5.41) is 14.4. The van der Waals surface area contributed by atoms with Gasteiger partial charge < -0.3 is 18.9 Å². The monoisotopic (exact) mass is 733 g/mol. The molecule has 0 aliphatic carbocycles. The highest BCUT2D eigenvalue weighted by Gasteiger charge is 2.30. The summed E-state index contributed by atoms with van der Waals surface area (Å²) in [7, 11) is 0. The minimum atomic E-state index is -0.469. The number of aliphatic imine (C=N–C) groups is 1. The smallest absolute Gasteiger partial charge is 0.184 e. The Morgan fingerprint density at radius 3 is 1.77 bits per heavy atom. The molecule has 0 amide bonds. The van der Waals surface area contributed by atoms with Crippen LogP contribution in [-0.2, 0) is 0 Å². The number of nitrogens with zero attached hydrogens (tertiary/aromatic N) is 3. The Labute approximate surface area is 327 Å². The lowest BCUT2D eigenvalue weighted by Gasteiger charge is -2.33. The van der Waals surface area contributed by atoms with E-state index in [4.69, 9.17) is 9.41 Å². The SMILES string of the molecule is c1ccc(-c2cccc(C3=NC(n4c5ccccc5c5ccc6c7ccc8c9ccccc9n(-c9ccccc9)c8c7oc6c54)NC(c4ccccc4)N3)c2)cc1. The van der Waals surface area contributed by atoms with E-state index in [9.17, 15) is 0 Å². The average Bonchev–Trinajstić information content (AvgIpc) is 3.95. The van der Waals surface area contributed by atoms with Crippen LogP contribution in [0.4, 0.5) is 0 Å². The molecule has 57 heavy (non-hydrogen) atoms. The molecule has 0 bridgehead atoms. The Morgan fingerprint density at radius 1 is 0.456 bits per heavy atom. The topological polar surface area (TPSA) is 59.4 Å². The van der Waals surface area contributed by atoms with E-state index < -0.39 is 6.29 Å². The maximum Gasteiger partial charge on any atom is 0.184 e. The van der Waals surface area contributed by atoms with Crippen molar-refractivity contribution in [3.05, 3.63) is 199 Å². The summed E-state index contributed by atoms with van der Waals surface area (Å²) in [5.41, 5.74) is 11.6. The molecule has 0 saturated heterocycles. The molecule has 8 aromatic carbocycles. The summed E-state index contributed by atoms with van der Waals surface area (Å²) in [6.45, 7) is 0. The lowest BCUT2D eigenvalue weighted by molar-refractivity contribution is 0.341. The minimum absolute atomic E-state index is 0.212. The lowest BCUT2D eigenvalue weighted by atomic mass is 10.0. The highest BCUT2D eigenvalue weighted by Crippen LogP contribution is 2.44. The summed E-state index contributed by atoms with van der Waals surface area (Å²) in [6.07, 6.45) is -0.680. The van der Waals surface area contributed by atoms with Crippen LogP contribution in [-0.4, -0.2) is 15.0 Å². The molecule has 0 radical (unpaired) electrons. The molecule has 12 rings (SSSR count). The van der Waals surface area contributed by atoms with Gasteiger partial charge in [-0.1, -0.05) is 146 Å². The molecule has 4 heterocycles. The number of amidine groups is 1. The van der Waals surface area contributed by atoms with Crippen LogP contribution in [0, 0.1) is 0 Å². The predicted octanol–water partition coefficient (Wildman–Crippen LogP) is 12.3. The van der Waals surface area contributed by atoms with E-state index in [1.54, 1.807) is 0 Å². The number of fused-ring (bicyclic) bond motifs is 11. The third kappa shape index (κ3) is 4.91. The Morgan fingerprint density at radius 2 is 1.02 bits per heavy atom. The van der Waals surface area contributed by atoms with Crippen molar-refractivity contribution in [2.24, 2.45) is 4.99 Å². The zero-order chi connectivity index (χ0) is 37.5. The second-order valence-electron chi connectivity index (χ2n) is 14.8. The van der Waals surface area contributed by atoms with Crippen molar-refractivity contribution < 1.29 is 4.42 Å². The van der Waals surface area contributed by atoms with Gasteiger partial charge in [0, 0.05) is 43.6 Å². The van der Waals surface area contributed by atoms with E-state index in [1.165, 1.54) is 10.9 Å². The first-order valence-corrected chi connectivity index (χ1v) is 19.5. The zero-order valence-electron chi connectivity index (χ0n) is 30.8. The molecule has 2 atom stereocenters. The highest BCUT2D eigenvalue weighted by molar-refractivity contribution is 6.26. The molecule has 11 aromatic rings. The number of benzene rings is 8. The first-order chi connectivity index (χ1) is 28.3. The maximum atomic E-state index is 7.29. The fraction of sp³-hybridized carbons (Fsp3) is 0.0392. The molecule has 3 aromatic heterocycles. The van der Waals surface area contributed by atoms with Crippen LogP contribution in [0.1, 0.15) is 23.6 Å². The summed E-state index contributed by atoms with van der Waals surface area (Å²) in [6, 6.07) is 66.5. The first-order valence-electron chi connectivity index (χ1n) is 19.5. The Kier molecular flexibility index (Phi) is 7.03. The summed E-state index contributed by atoms with van der Waals surface area (Å²) < 4.78 is 12.0. The van der Waals surface area contributed by atoms with E-state index in [1.807, 2.05) is 0 Å². The molecule has 1 aliphatic heterocycles. The average molecular weight is 734 g/mol. The largest absolute Gasteiger partial charge is 0.452 e. The van der Waals surface area contributed by atoms with Crippen LogP contribution in [0.3, 0.4) is 0 Å². The van der Waals surface area contributed by atoms with Gasteiger partial charge in [0.15, 0.2) is 17.5 Å². The molecular weight excluding hydrogens is 699 g/mol. The Hall–Kier alpha value is -7.41. The number of nitrogens with one attached hydrogen (secondary N) is 2. The van der Waals surface area contributed by atoms with Gasteiger partial charge in [-0.2, -0.15) is 0 Å². The second-order valence-corrected chi connectivity index (χ2v) is 14.8. The van der Waals surface area contributed by atoms with Gasteiger partial charge in [0.25, 0.3) is 0 Å². The van der Waals surface area contributed by atoms with Crippen molar-refractivity contribution in [3.8, 4) is 16.8 Å². The lowest BCUT2D eigenvalue weighted by Crippen LogP contribution is -2.46. The van der Waals surface area contributed by atoms with Gasteiger partial charge >= 0.3 is 0 Å². The van der Waals surface area contributed by atoms with Crippen LogP contribution in [0.15, 0.2) is 197 Å². The molecule has 270 valence electrons. The number of hydrogen-bond acceptors (Lipinski definition) is 4. The van der Waals surface area contributed by atoms with E-state index in [2.05, 4.69) is 208 Å². The van der Waals surface area contributed by atoms with Crippen LogP contribution in [0.2, 0.25) is 0 Å². The molecule has 6 nitrogen and oxygen atoms in total.